The number of aryl methyl sites for hydroxylation is 2. The van der Waals surface area contributed by atoms with E-state index in [1.165, 1.54) is 0 Å². The third kappa shape index (κ3) is 3.30. The molecule has 4 nitrogen and oxygen atoms in total. The highest BCUT2D eigenvalue weighted by Gasteiger charge is 1.98. The fourth-order valence-corrected chi connectivity index (χ4v) is 1.22. The molecule has 0 saturated heterocycles. The zero-order valence-electron chi connectivity index (χ0n) is 9.09. The summed E-state index contributed by atoms with van der Waals surface area (Å²) in [5.74, 6) is 1.75. The molecular weight excluding hydrogens is 176 g/mol. The Kier molecular flexibility index (Phi) is 4.32. The molecule has 0 bridgehead atoms. The van der Waals surface area contributed by atoms with Crippen LogP contribution in [0.15, 0.2) is 6.07 Å². The summed E-state index contributed by atoms with van der Waals surface area (Å²) >= 11 is 0. The van der Waals surface area contributed by atoms with Crippen molar-refractivity contribution in [2.75, 3.05) is 25.5 Å². The van der Waals surface area contributed by atoms with Crippen LogP contribution in [0.4, 0.5) is 5.82 Å². The highest BCUT2D eigenvalue weighted by molar-refractivity contribution is 5.35. The first-order valence-electron chi connectivity index (χ1n) is 4.99. The smallest absolute Gasteiger partial charge is 0.129 e. The molecule has 0 aromatic carbocycles. The molecule has 1 rings (SSSR count). The summed E-state index contributed by atoms with van der Waals surface area (Å²) in [5.41, 5.74) is 1.09. The summed E-state index contributed by atoms with van der Waals surface area (Å²) in [6.45, 7) is 5.84. The normalized spacial score (nSPS) is 10.2. The fourth-order valence-electron chi connectivity index (χ4n) is 1.22. The highest BCUT2D eigenvalue weighted by atomic mass is 15.0. The van der Waals surface area contributed by atoms with Crippen molar-refractivity contribution in [1.29, 1.82) is 0 Å². The van der Waals surface area contributed by atoms with E-state index in [4.69, 9.17) is 0 Å². The van der Waals surface area contributed by atoms with E-state index >= 15 is 0 Å². The first-order chi connectivity index (χ1) is 6.76. The standard InChI is InChI=1S/C10H18N4/c1-4-9-7-10(12-6-5-11-3)14-8(2)13-9/h7,11H,4-6H2,1-3H3,(H,12,13,14). The van der Waals surface area contributed by atoms with Crippen molar-refractivity contribution < 1.29 is 0 Å². The Morgan fingerprint density at radius 3 is 2.71 bits per heavy atom. The minimum Gasteiger partial charge on any atom is -0.369 e. The average molecular weight is 194 g/mol. The fraction of sp³-hybridized carbons (Fsp3) is 0.600. The Bertz CT molecular complexity index is 285. The minimum atomic E-state index is 0.830. The summed E-state index contributed by atoms with van der Waals surface area (Å²) in [5, 5.41) is 6.32. The van der Waals surface area contributed by atoms with E-state index in [9.17, 15) is 0 Å². The molecule has 0 saturated carbocycles. The number of aromatic nitrogens is 2. The van der Waals surface area contributed by atoms with Gasteiger partial charge in [-0.2, -0.15) is 0 Å². The van der Waals surface area contributed by atoms with E-state index in [2.05, 4.69) is 27.5 Å². The molecule has 14 heavy (non-hydrogen) atoms. The number of hydrogen-bond acceptors (Lipinski definition) is 4. The number of nitrogens with zero attached hydrogens (tertiary/aromatic N) is 2. The summed E-state index contributed by atoms with van der Waals surface area (Å²) in [6.07, 6.45) is 0.948. The second-order valence-electron chi connectivity index (χ2n) is 3.18. The van der Waals surface area contributed by atoms with Gasteiger partial charge in [-0.05, 0) is 20.4 Å². The number of anilines is 1. The maximum Gasteiger partial charge on any atom is 0.129 e. The number of nitrogens with one attached hydrogen (secondary N) is 2. The lowest BCUT2D eigenvalue weighted by Gasteiger charge is -2.07. The third-order valence-corrected chi connectivity index (χ3v) is 1.93. The lowest BCUT2D eigenvalue weighted by molar-refractivity contribution is 0.818. The lowest BCUT2D eigenvalue weighted by atomic mass is 10.3. The maximum absolute atomic E-state index is 4.31. The van der Waals surface area contributed by atoms with Crippen molar-refractivity contribution in [2.45, 2.75) is 20.3 Å². The van der Waals surface area contributed by atoms with Gasteiger partial charge in [0, 0.05) is 24.8 Å². The summed E-state index contributed by atoms with van der Waals surface area (Å²) in [7, 11) is 1.93. The molecule has 0 fully saturated rings. The maximum atomic E-state index is 4.31. The SMILES string of the molecule is CCc1cc(NCCNC)nc(C)n1. The molecule has 0 unspecified atom stereocenters. The minimum absolute atomic E-state index is 0.830. The molecule has 1 aromatic heterocycles. The lowest BCUT2D eigenvalue weighted by Crippen LogP contribution is -2.18. The summed E-state index contributed by atoms with van der Waals surface area (Å²) < 4.78 is 0. The first-order valence-corrected chi connectivity index (χ1v) is 4.99. The zero-order chi connectivity index (χ0) is 10.4. The molecular formula is C10H18N4. The molecule has 0 radical (unpaired) electrons. The van der Waals surface area contributed by atoms with Crippen LogP contribution in [-0.2, 0) is 6.42 Å². The van der Waals surface area contributed by atoms with Crippen LogP contribution in [0, 0.1) is 6.92 Å². The van der Waals surface area contributed by atoms with Crippen molar-refractivity contribution in [3.8, 4) is 0 Å². The predicted octanol–water partition coefficient (Wildman–Crippen LogP) is 0.979. The Morgan fingerprint density at radius 1 is 1.29 bits per heavy atom. The van der Waals surface area contributed by atoms with Gasteiger partial charge in [-0.15, -0.1) is 0 Å². The quantitative estimate of drug-likeness (QED) is 0.686. The van der Waals surface area contributed by atoms with Crippen LogP contribution in [0.2, 0.25) is 0 Å². The molecule has 0 aliphatic rings. The van der Waals surface area contributed by atoms with Gasteiger partial charge in [-0.1, -0.05) is 6.92 Å². The number of likely N-dealkylation sites (N-methyl/N-ethyl adjacent to an activating group) is 1. The topological polar surface area (TPSA) is 49.8 Å². The highest BCUT2D eigenvalue weighted by Crippen LogP contribution is 2.06. The second-order valence-corrected chi connectivity index (χ2v) is 3.18. The molecule has 78 valence electrons. The molecule has 0 spiro atoms. The van der Waals surface area contributed by atoms with E-state index in [1.807, 2.05) is 20.0 Å². The van der Waals surface area contributed by atoms with E-state index in [1.54, 1.807) is 0 Å². The Hall–Kier alpha value is -1.16. The first kappa shape index (κ1) is 10.9. The molecule has 0 aliphatic carbocycles. The molecule has 4 heteroatoms. The average Bonchev–Trinajstić information content (AvgIpc) is 2.17. The van der Waals surface area contributed by atoms with Crippen molar-refractivity contribution in [3.63, 3.8) is 0 Å². The predicted molar refractivity (Wildman–Crippen MR) is 58.6 cm³/mol. The molecule has 2 N–H and O–H groups in total. The van der Waals surface area contributed by atoms with Crippen LogP contribution < -0.4 is 10.6 Å². The van der Waals surface area contributed by atoms with Crippen molar-refractivity contribution in [1.82, 2.24) is 15.3 Å². The van der Waals surface area contributed by atoms with Gasteiger partial charge >= 0.3 is 0 Å². The van der Waals surface area contributed by atoms with E-state index < -0.39 is 0 Å². The number of hydrogen-bond donors (Lipinski definition) is 2. The van der Waals surface area contributed by atoms with Crippen LogP contribution in [0.25, 0.3) is 0 Å². The summed E-state index contributed by atoms with van der Waals surface area (Å²) in [4.78, 5) is 8.62. The van der Waals surface area contributed by atoms with E-state index in [0.717, 1.165) is 36.8 Å². The van der Waals surface area contributed by atoms with Crippen molar-refractivity contribution >= 4 is 5.82 Å². The zero-order valence-corrected chi connectivity index (χ0v) is 9.09. The van der Waals surface area contributed by atoms with Gasteiger partial charge in [-0.25, -0.2) is 9.97 Å². The van der Waals surface area contributed by atoms with Crippen LogP contribution in [0.1, 0.15) is 18.4 Å². The molecule has 0 amide bonds. The van der Waals surface area contributed by atoms with Crippen molar-refractivity contribution in [2.24, 2.45) is 0 Å². The van der Waals surface area contributed by atoms with Crippen LogP contribution in [0.5, 0.6) is 0 Å². The van der Waals surface area contributed by atoms with E-state index in [-0.39, 0.29) is 0 Å². The Balaban J connectivity index is 2.62. The largest absolute Gasteiger partial charge is 0.369 e. The van der Waals surface area contributed by atoms with Gasteiger partial charge in [0.05, 0.1) is 0 Å². The van der Waals surface area contributed by atoms with Crippen LogP contribution >= 0.6 is 0 Å². The molecule has 1 aromatic rings. The molecule has 0 atom stereocenters. The van der Waals surface area contributed by atoms with Crippen molar-refractivity contribution in [3.05, 3.63) is 17.6 Å². The summed E-state index contributed by atoms with van der Waals surface area (Å²) in [6, 6.07) is 2.00. The second kappa shape index (κ2) is 5.54. The molecule has 1 heterocycles. The van der Waals surface area contributed by atoms with Crippen LogP contribution in [-0.4, -0.2) is 30.1 Å². The Labute approximate surface area is 85.2 Å². The van der Waals surface area contributed by atoms with Gasteiger partial charge < -0.3 is 10.6 Å². The van der Waals surface area contributed by atoms with Gasteiger partial charge in [0.2, 0.25) is 0 Å². The molecule has 0 aliphatic heterocycles. The number of rotatable bonds is 5. The Morgan fingerprint density at radius 2 is 2.07 bits per heavy atom. The monoisotopic (exact) mass is 194 g/mol. The van der Waals surface area contributed by atoms with Gasteiger partial charge in [-0.3, -0.25) is 0 Å². The van der Waals surface area contributed by atoms with Crippen LogP contribution in [0.3, 0.4) is 0 Å². The van der Waals surface area contributed by atoms with Gasteiger partial charge in [0.15, 0.2) is 0 Å². The van der Waals surface area contributed by atoms with Gasteiger partial charge in [0.25, 0.3) is 0 Å². The third-order valence-electron chi connectivity index (χ3n) is 1.93. The van der Waals surface area contributed by atoms with E-state index in [0.29, 0.717) is 0 Å². The van der Waals surface area contributed by atoms with Gasteiger partial charge in [0.1, 0.15) is 11.6 Å².